The molecule has 1 saturated heterocycles. The van der Waals surface area contributed by atoms with E-state index in [1.165, 1.54) is 12.8 Å². The van der Waals surface area contributed by atoms with E-state index < -0.39 is 0 Å². The number of nitrogens with zero attached hydrogens (tertiary/aromatic N) is 1. The van der Waals surface area contributed by atoms with Gasteiger partial charge in [-0.1, -0.05) is 41.9 Å². The summed E-state index contributed by atoms with van der Waals surface area (Å²) >= 11 is 6.01. The minimum Gasteiger partial charge on any atom is -0.496 e. The number of rotatable bonds is 8. The number of ether oxygens (including phenoxy) is 1. The molecule has 0 spiro atoms. The van der Waals surface area contributed by atoms with Crippen molar-refractivity contribution < 1.29 is 9.53 Å². The van der Waals surface area contributed by atoms with Gasteiger partial charge in [0.15, 0.2) is 0 Å². The first-order chi connectivity index (χ1) is 13.2. The van der Waals surface area contributed by atoms with Crippen LogP contribution in [0.3, 0.4) is 0 Å². The van der Waals surface area contributed by atoms with Crippen molar-refractivity contribution in [2.45, 2.75) is 31.7 Å². The van der Waals surface area contributed by atoms with E-state index in [-0.39, 0.29) is 11.9 Å². The number of likely N-dealkylation sites (tertiary alicyclic amines) is 1. The molecule has 0 aliphatic carbocycles. The van der Waals surface area contributed by atoms with Crippen molar-refractivity contribution >= 4 is 17.5 Å². The number of nitrogens with one attached hydrogen (secondary N) is 1. The van der Waals surface area contributed by atoms with Crippen molar-refractivity contribution in [2.75, 3.05) is 26.7 Å². The summed E-state index contributed by atoms with van der Waals surface area (Å²) in [5.41, 5.74) is 2.22. The van der Waals surface area contributed by atoms with Crippen LogP contribution in [0.5, 0.6) is 5.75 Å². The minimum atomic E-state index is 0.0640. The van der Waals surface area contributed by atoms with E-state index in [1.807, 2.05) is 42.5 Å². The number of methoxy groups -OCH3 is 1. The van der Waals surface area contributed by atoms with Gasteiger partial charge < -0.3 is 10.1 Å². The minimum absolute atomic E-state index is 0.0640. The molecule has 1 fully saturated rings. The first-order valence-electron chi connectivity index (χ1n) is 9.55. The predicted molar refractivity (Wildman–Crippen MR) is 109 cm³/mol. The molecule has 1 aliphatic rings. The van der Waals surface area contributed by atoms with Crippen LogP contribution in [0.15, 0.2) is 48.5 Å². The summed E-state index contributed by atoms with van der Waals surface area (Å²) in [6.07, 6.45) is 3.55. The molecule has 1 unspecified atom stereocenters. The van der Waals surface area contributed by atoms with Gasteiger partial charge in [-0.05, 0) is 56.1 Å². The number of amides is 1. The van der Waals surface area contributed by atoms with Crippen LogP contribution in [0, 0.1) is 0 Å². The second kappa shape index (κ2) is 9.77. The summed E-state index contributed by atoms with van der Waals surface area (Å²) < 4.78 is 5.56. The number of halogens is 1. The summed E-state index contributed by atoms with van der Waals surface area (Å²) in [5.74, 6) is 0.941. The van der Waals surface area contributed by atoms with Crippen LogP contribution < -0.4 is 10.1 Å². The van der Waals surface area contributed by atoms with Crippen molar-refractivity contribution in [3.63, 3.8) is 0 Å². The summed E-state index contributed by atoms with van der Waals surface area (Å²) in [4.78, 5) is 14.9. The standard InChI is InChI=1S/C22H27ClN2O2/c1-27-21-10-3-2-9-19(21)20(25-13-4-5-14-25)16-24-22(26)12-11-17-7-6-8-18(23)15-17/h2-3,6-10,15,20H,4-5,11-14,16H2,1H3,(H,24,26). The van der Waals surface area contributed by atoms with E-state index in [0.717, 1.165) is 30.0 Å². The molecule has 2 aromatic carbocycles. The van der Waals surface area contributed by atoms with Gasteiger partial charge in [0.2, 0.25) is 5.91 Å². The van der Waals surface area contributed by atoms with E-state index in [1.54, 1.807) is 7.11 Å². The number of hydrogen-bond acceptors (Lipinski definition) is 3. The Labute approximate surface area is 166 Å². The summed E-state index contributed by atoms with van der Waals surface area (Å²) in [6, 6.07) is 15.9. The largest absolute Gasteiger partial charge is 0.496 e. The van der Waals surface area contributed by atoms with Gasteiger partial charge in [-0.2, -0.15) is 0 Å². The summed E-state index contributed by atoms with van der Waals surface area (Å²) in [6.45, 7) is 2.71. The lowest BCUT2D eigenvalue weighted by Crippen LogP contribution is -2.37. The third-order valence-electron chi connectivity index (χ3n) is 5.10. The lowest BCUT2D eigenvalue weighted by molar-refractivity contribution is -0.121. The lowest BCUT2D eigenvalue weighted by Gasteiger charge is -2.29. The van der Waals surface area contributed by atoms with Gasteiger partial charge in [0.25, 0.3) is 0 Å². The fourth-order valence-electron chi connectivity index (χ4n) is 3.68. The van der Waals surface area contributed by atoms with E-state index in [4.69, 9.17) is 16.3 Å². The van der Waals surface area contributed by atoms with E-state index >= 15 is 0 Å². The molecule has 1 heterocycles. The highest BCUT2D eigenvalue weighted by atomic mass is 35.5. The van der Waals surface area contributed by atoms with Crippen LogP contribution in [0.25, 0.3) is 0 Å². The molecule has 4 nitrogen and oxygen atoms in total. The average molecular weight is 387 g/mol. The first kappa shape index (κ1) is 19.7. The fourth-order valence-corrected chi connectivity index (χ4v) is 3.89. The van der Waals surface area contributed by atoms with Gasteiger partial charge >= 0.3 is 0 Å². The van der Waals surface area contributed by atoms with Crippen LogP contribution >= 0.6 is 11.6 Å². The van der Waals surface area contributed by atoms with Crippen molar-refractivity contribution in [1.29, 1.82) is 0 Å². The Bertz CT molecular complexity index is 759. The zero-order valence-electron chi connectivity index (χ0n) is 15.8. The zero-order valence-corrected chi connectivity index (χ0v) is 16.5. The third kappa shape index (κ3) is 5.47. The number of hydrogen-bond donors (Lipinski definition) is 1. The molecule has 0 saturated carbocycles. The Kier molecular flexibility index (Phi) is 7.13. The number of carbonyl (C=O) groups excluding carboxylic acids is 1. The van der Waals surface area contributed by atoms with E-state index in [9.17, 15) is 4.79 Å². The topological polar surface area (TPSA) is 41.6 Å². The quantitative estimate of drug-likeness (QED) is 0.738. The van der Waals surface area contributed by atoms with Gasteiger partial charge in [-0.25, -0.2) is 0 Å². The molecular weight excluding hydrogens is 360 g/mol. The molecule has 1 atom stereocenters. The number of benzene rings is 2. The maximum absolute atomic E-state index is 12.4. The van der Waals surface area contributed by atoms with Crippen LogP contribution in [0.2, 0.25) is 5.02 Å². The van der Waals surface area contributed by atoms with Crippen molar-refractivity contribution in [3.8, 4) is 5.75 Å². The average Bonchev–Trinajstić information content (AvgIpc) is 3.21. The highest BCUT2D eigenvalue weighted by Gasteiger charge is 2.26. The molecule has 2 aromatic rings. The Balaban J connectivity index is 1.61. The van der Waals surface area contributed by atoms with Crippen molar-refractivity contribution in [3.05, 3.63) is 64.7 Å². The summed E-state index contributed by atoms with van der Waals surface area (Å²) in [5, 5.41) is 3.83. The van der Waals surface area contributed by atoms with Crippen LogP contribution in [0.1, 0.15) is 36.4 Å². The molecule has 1 aliphatic heterocycles. The van der Waals surface area contributed by atoms with Gasteiger partial charge in [0, 0.05) is 23.6 Å². The molecule has 0 bridgehead atoms. The number of aryl methyl sites for hydroxylation is 1. The smallest absolute Gasteiger partial charge is 0.220 e. The Morgan fingerprint density at radius 1 is 1.19 bits per heavy atom. The summed E-state index contributed by atoms with van der Waals surface area (Å²) in [7, 11) is 1.70. The van der Waals surface area contributed by atoms with Crippen molar-refractivity contribution in [1.82, 2.24) is 10.2 Å². The molecule has 5 heteroatoms. The Hall–Kier alpha value is -2.04. The fraction of sp³-hybridized carbons (Fsp3) is 0.409. The molecule has 3 rings (SSSR count). The van der Waals surface area contributed by atoms with E-state index in [2.05, 4.69) is 16.3 Å². The van der Waals surface area contributed by atoms with E-state index in [0.29, 0.717) is 24.4 Å². The normalized spacial score (nSPS) is 15.5. The molecule has 1 N–H and O–H groups in total. The second-order valence-electron chi connectivity index (χ2n) is 6.93. The van der Waals surface area contributed by atoms with Crippen LogP contribution in [-0.4, -0.2) is 37.6 Å². The lowest BCUT2D eigenvalue weighted by atomic mass is 10.0. The van der Waals surface area contributed by atoms with Crippen LogP contribution in [0.4, 0.5) is 0 Å². The third-order valence-corrected chi connectivity index (χ3v) is 5.34. The highest BCUT2D eigenvalue weighted by molar-refractivity contribution is 6.30. The van der Waals surface area contributed by atoms with Gasteiger partial charge in [-0.3, -0.25) is 9.69 Å². The zero-order chi connectivity index (χ0) is 19.1. The maximum atomic E-state index is 12.4. The number of para-hydroxylation sites is 1. The highest BCUT2D eigenvalue weighted by Crippen LogP contribution is 2.31. The molecule has 27 heavy (non-hydrogen) atoms. The molecule has 144 valence electrons. The van der Waals surface area contributed by atoms with Crippen molar-refractivity contribution in [2.24, 2.45) is 0 Å². The Morgan fingerprint density at radius 3 is 2.70 bits per heavy atom. The van der Waals surface area contributed by atoms with Crippen LogP contribution in [-0.2, 0) is 11.2 Å². The molecule has 0 radical (unpaired) electrons. The SMILES string of the molecule is COc1ccccc1C(CNC(=O)CCc1cccc(Cl)c1)N1CCCC1. The molecular formula is C22H27ClN2O2. The monoisotopic (exact) mass is 386 g/mol. The van der Waals surface area contributed by atoms with Gasteiger partial charge in [-0.15, -0.1) is 0 Å². The molecule has 1 amide bonds. The van der Waals surface area contributed by atoms with Gasteiger partial charge in [0.05, 0.1) is 13.2 Å². The predicted octanol–water partition coefficient (Wildman–Crippen LogP) is 4.23. The first-order valence-corrected chi connectivity index (χ1v) is 9.93. The molecule has 0 aromatic heterocycles. The number of carbonyl (C=O) groups is 1. The Morgan fingerprint density at radius 2 is 1.96 bits per heavy atom. The second-order valence-corrected chi connectivity index (χ2v) is 7.37. The maximum Gasteiger partial charge on any atom is 0.220 e. The van der Waals surface area contributed by atoms with Gasteiger partial charge in [0.1, 0.15) is 5.75 Å².